The maximum Gasteiger partial charge on any atom is 0.151 e. The summed E-state index contributed by atoms with van der Waals surface area (Å²) in [5.41, 5.74) is 7.97. The van der Waals surface area contributed by atoms with E-state index in [4.69, 9.17) is 4.74 Å². The molecule has 0 amide bonds. The van der Waals surface area contributed by atoms with Gasteiger partial charge in [-0.15, -0.1) is 0 Å². The third-order valence-corrected chi connectivity index (χ3v) is 6.90. The van der Waals surface area contributed by atoms with Gasteiger partial charge in [0.25, 0.3) is 0 Å². The van der Waals surface area contributed by atoms with Crippen molar-refractivity contribution in [3.05, 3.63) is 108 Å². The summed E-state index contributed by atoms with van der Waals surface area (Å²) in [6.45, 7) is 13.5. The Morgan fingerprint density at radius 3 is 1.19 bits per heavy atom. The van der Waals surface area contributed by atoms with Crippen molar-refractivity contribution < 1.29 is 4.74 Å². The monoisotopic (exact) mass is 490 g/mol. The molecule has 0 radical (unpaired) electrons. The minimum absolute atomic E-state index is 0.00991. The van der Waals surface area contributed by atoms with Gasteiger partial charge in [0, 0.05) is 22.5 Å². The van der Waals surface area contributed by atoms with Gasteiger partial charge in [-0.1, -0.05) is 60.7 Å². The fraction of sp³-hybridized carbons (Fsp3) is 0.294. The Morgan fingerprint density at radius 1 is 0.459 bits per heavy atom. The Bertz CT molecular complexity index is 1300. The van der Waals surface area contributed by atoms with Gasteiger partial charge < -0.3 is 14.5 Å². The third kappa shape index (κ3) is 4.96. The summed E-state index contributed by atoms with van der Waals surface area (Å²) in [5.74, 6) is 1.84. The fourth-order valence-electron chi connectivity index (χ4n) is 5.43. The summed E-state index contributed by atoms with van der Waals surface area (Å²) in [4.78, 5) is 4.83. The number of para-hydroxylation sites is 6. The first-order valence-electron chi connectivity index (χ1n) is 13.3. The van der Waals surface area contributed by atoms with Crippen molar-refractivity contribution >= 4 is 22.7 Å². The van der Waals surface area contributed by atoms with Crippen LogP contribution in [0.5, 0.6) is 11.5 Å². The second kappa shape index (κ2) is 9.63. The first-order chi connectivity index (χ1) is 17.6. The number of rotatable bonds is 0. The third-order valence-electron chi connectivity index (χ3n) is 6.90. The summed E-state index contributed by atoms with van der Waals surface area (Å²) >= 11 is 0. The average molecular weight is 491 g/mol. The van der Waals surface area contributed by atoms with Gasteiger partial charge in [0.05, 0.1) is 11.4 Å². The van der Waals surface area contributed by atoms with E-state index in [2.05, 4.69) is 124 Å². The van der Waals surface area contributed by atoms with Crippen LogP contribution in [0.15, 0.2) is 97.1 Å². The van der Waals surface area contributed by atoms with E-state index in [1.165, 1.54) is 22.5 Å². The number of nitrogens with zero attached hydrogens (tertiary/aromatic N) is 2. The van der Waals surface area contributed by atoms with Crippen LogP contribution in [0.4, 0.5) is 22.7 Å². The number of ether oxygens (including phenoxy) is 1. The zero-order valence-corrected chi connectivity index (χ0v) is 23.0. The largest absolute Gasteiger partial charge is 0.453 e. The van der Waals surface area contributed by atoms with Crippen molar-refractivity contribution in [3.8, 4) is 11.5 Å². The van der Waals surface area contributed by atoms with Crippen LogP contribution in [-0.4, -0.2) is 11.1 Å². The Hall–Kier alpha value is -3.72. The van der Waals surface area contributed by atoms with E-state index in [-0.39, 0.29) is 11.1 Å². The van der Waals surface area contributed by atoms with Crippen molar-refractivity contribution in [1.29, 1.82) is 0 Å². The summed E-state index contributed by atoms with van der Waals surface area (Å²) in [6.07, 6.45) is 2.25. The fourth-order valence-corrected chi connectivity index (χ4v) is 5.43. The highest BCUT2D eigenvalue weighted by Crippen LogP contribution is 2.49. The Kier molecular flexibility index (Phi) is 6.49. The molecule has 2 heterocycles. The van der Waals surface area contributed by atoms with E-state index in [0.717, 1.165) is 35.7 Å². The van der Waals surface area contributed by atoms with E-state index in [1.807, 2.05) is 24.3 Å². The van der Waals surface area contributed by atoms with Crippen molar-refractivity contribution in [2.45, 2.75) is 65.5 Å². The number of anilines is 4. The molecule has 2 aliphatic heterocycles. The van der Waals surface area contributed by atoms with Crippen LogP contribution in [0.3, 0.4) is 0 Å². The molecule has 0 bridgehead atoms. The molecule has 3 heteroatoms. The Morgan fingerprint density at radius 2 is 0.784 bits per heavy atom. The molecule has 4 aromatic carbocycles. The molecule has 0 spiro atoms. The molecule has 0 saturated heterocycles. The highest BCUT2D eigenvalue weighted by molar-refractivity contribution is 5.79. The van der Waals surface area contributed by atoms with Gasteiger partial charge in [0.1, 0.15) is 0 Å². The highest BCUT2D eigenvalue weighted by Gasteiger charge is 2.32. The molecule has 2 aliphatic rings. The van der Waals surface area contributed by atoms with E-state index in [1.54, 1.807) is 0 Å². The number of fused-ring (bicyclic) bond motifs is 4. The maximum absolute atomic E-state index is 5.96. The van der Waals surface area contributed by atoms with Crippen molar-refractivity contribution in [2.75, 3.05) is 9.80 Å². The quantitative estimate of drug-likeness (QED) is 0.244. The summed E-state index contributed by atoms with van der Waals surface area (Å²) in [7, 11) is 0. The molecule has 6 rings (SSSR count). The Labute approximate surface area is 222 Å². The zero-order chi connectivity index (χ0) is 26.2. The molecule has 0 atom stereocenters. The molecule has 0 unspecified atom stereocenters. The van der Waals surface area contributed by atoms with Crippen molar-refractivity contribution in [2.24, 2.45) is 0 Å². The Balaban J connectivity index is 0.000000152. The van der Waals surface area contributed by atoms with Crippen molar-refractivity contribution in [1.82, 2.24) is 0 Å². The predicted octanol–water partition coefficient (Wildman–Crippen LogP) is 9.45. The lowest BCUT2D eigenvalue weighted by Gasteiger charge is -2.41. The molecule has 0 aromatic heterocycles. The number of hydrogen-bond acceptors (Lipinski definition) is 3. The van der Waals surface area contributed by atoms with Gasteiger partial charge in [0.15, 0.2) is 11.5 Å². The van der Waals surface area contributed by atoms with Crippen LogP contribution in [0.1, 0.15) is 52.7 Å². The summed E-state index contributed by atoms with van der Waals surface area (Å²) in [5, 5.41) is 0. The van der Waals surface area contributed by atoms with Gasteiger partial charge in [0.2, 0.25) is 0 Å². The topological polar surface area (TPSA) is 15.7 Å². The lowest BCUT2D eigenvalue weighted by molar-refractivity contribution is 0.451. The van der Waals surface area contributed by atoms with Crippen LogP contribution in [0.2, 0.25) is 0 Å². The second-order valence-corrected chi connectivity index (χ2v) is 11.8. The van der Waals surface area contributed by atoms with Gasteiger partial charge in [-0.2, -0.15) is 0 Å². The van der Waals surface area contributed by atoms with E-state index in [0.29, 0.717) is 0 Å². The zero-order valence-electron chi connectivity index (χ0n) is 23.0. The minimum Gasteiger partial charge on any atom is -0.453 e. The molecule has 0 N–H and O–H groups in total. The van der Waals surface area contributed by atoms with Gasteiger partial charge >= 0.3 is 0 Å². The van der Waals surface area contributed by atoms with Crippen LogP contribution >= 0.6 is 0 Å². The lowest BCUT2D eigenvalue weighted by atomic mass is 10.0. The summed E-state index contributed by atoms with van der Waals surface area (Å²) in [6, 6.07) is 34.0. The number of aryl methyl sites for hydroxylation is 2. The average Bonchev–Trinajstić information content (AvgIpc) is 3.04. The minimum atomic E-state index is 0.00991. The van der Waals surface area contributed by atoms with Crippen LogP contribution < -0.4 is 14.5 Å². The van der Waals surface area contributed by atoms with Gasteiger partial charge in [-0.3, -0.25) is 0 Å². The molecule has 0 fully saturated rings. The summed E-state index contributed by atoms with van der Waals surface area (Å²) < 4.78 is 5.96. The van der Waals surface area contributed by atoms with E-state index >= 15 is 0 Å². The second-order valence-electron chi connectivity index (χ2n) is 11.8. The normalized spacial score (nSPS) is 14.1. The van der Waals surface area contributed by atoms with Crippen LogP contribution in [0, 0.1) is 0 Å². The van der Waals surface area contributed by atoms with E-state index < -0.39 is 0 Å². The molecule has 0 aliphatic carbocycles. The molecule has 190 valence electrons. The molecule has 3 nitrogen and oxygen atoms in total. The number of hydrogen-bond donors (Lipinski definition) is 0. The SMILES string of the molecule is CC(C)(C)N1c2ccccc2CCc2ccccc21.CC(C)(C)N1c2ccccc2Oc2ccccc21. The molecular formula is C34H38N2O. The molecule has 0 saturated carbocycles. The first-order valence-corrected chi connectivity index (χ1v) is 13.3. The lowest BCUT2D eigenvalue weighted by Crippen LogP contribution is -2.39. The van der Waals surface area contributed by atoms with Crippen molar-refractivity contribution in [3.63, 3.8) is 0 Å². The number of benzene rings is 4. The predicted molar refractivity (Wildman–Crippen MR) is 157 cm³/mol. The van der Waals surface area contributed by atoms with Crippen LogP contribution in [-0.2, 0) is 12.8 Å². The van der Waals surface area contributed by atoms with Gasteiger partial charge in [-0.05, 0) is 102 Å². The standard InChI is InChI=1S/C18H21N.C16H17NO/c1-18(2,3)19-16-10-6-4-8-14(16)12-13-15-9-5-7-11-17(15)19;1-16(2,3)17-12-8-4-6-10-14(12)18-15-11-7-5-9-13(15)17/h4-11H,12-13H2,1-3H3;4-11H,1-3H3. The molecule has 37 heavy (non-hydrogen) atoms. The maximum atomic E-state index is 5.96. The first kappa shape index (κ1) is 25.0. The van der Waals surface area contributed by atoms with E-state index in [9.17, 15) is 0 Å². The van der Waals surface area contributed by atoms with Gasteiger partial charge in [-0.25, -0.2) is 0 Å². The molecular weight excluding hydrogens is 452 g/mol. The molecule has 4 aromatic rings. The van der Waals surface area contributed by atoms with Crippen LogP contribution in [0.25, 0.3) is 0 Å². The smallest absolute Gasteiger partial charge is 0.151 e. The highest BCUT2D eigenvalue weighted by atomic mass is 16.5.